The summed E-state index contributed by atoms with van der Waals surface area (Å²) in [5.41, 5.74) is 8.36. The van der Waals surface area contributed by atoms with Crippen LogP contribution >= 0.6 is 23.5 Å². The molecule has 6 heteroatoms. The lowest BCUT2D eigenvalue weighted by atomic mass is 9.86. The van der Waals surface area contributed by atoms with Gasteiger partial charge in [-0.25, -0.2) is 0 Å². The lowest BCUT2D eigenvalue weighted by molar-refractivity contribution is 0.465. The fourth-order valence-electron chi connectivity index (χ4n) is 5.54. The molecule has 1 heterocycles. The molecule has 4 rings (SSSR count). The average Bonchev–Trinajstić information content (AvgIpc) is 3.31. The second kappa shape index (κ2) is 11.8. The van der Waals surface area contributed by atoms with Crippen molar-refractivity contribution in [3.8, 4) is 11.5 Å². The number of phenols is 2. The first-order chi connectivity index (χ1) is 18.8. The minimum absolute atomic E-state index is 0.0154. The monoisotopic (exact) mass is 578 g/mol. The van der Waals surface area contributed by atoms with E-state index in [0.29, 0.717) is 24.6 Å². The largest absolute Gasteiger partial charge is 0.508 e. The van der Waals surface area contributed by atoms with Crippen LogP contribution < -0.4 is 9.80 Å². The number of anilines is 2. The summed E-state index contributed by atoms with van der Waals surface area (Å²) < 4.78 is 0. The number of hydrogen-bond acceptors (Lipinski definition) is 6. The molecule has 0 aliphatic carbocycles. The van der Waals surface area contributed by atoms with Crippen LogP contribution in [-0.4, -0.2) is 35.8 Å². The van der Waals surface area contributed by atoms with Gasteiger partial charge in [-0.3, -0.25) is 0 Å². The van der Waals surface area contributed by atoms with E-state index in [1.54, 1.807) is 23.5 Å². The van der Waals surface area contributed by atoms with Crippen LogP contribution in [-0.2, 0) is 30.3 Å². The van der Waals surface area contributed by atoms with Crippen LogP contribution in [0.3, 0.4) is 0 Å². The van der Waals surface area contributed by atoms with Gasteiger partial charge in [0.2, 0.25) is 0 Å². The van der Waals surface area contributed by atoms with E-state index in [1.165, 1.54) is 37.9 Å². The summed E-state index contributed by atoms with van der Waals surface area (Å²) in [4.78, 5) is 7.43. The molecule has 0 spiro atoms. The third-order valence-corrected chi connectivity index (χ3v) is 9.50. The molecule has 0 atom stereocenters. The van der Waals surface area contributed by atoms with Crippen molar-refractivity contribution in [2.24, 2.45) is 0 Å². The number of hydrogen-bond donors (Lipinski definition) is 2. The average molecular weight is 579 g/mol. The predicted molar refractivity (Wildman–Crippen MR) is 175 cm³/mol. The van der Waals surface area contributed by atoms with Crippen LogP contribution in [0, 0.1) is 0 Å². The first-order valence-corrected chi connectivity index (χ1v) is 16.7. The van der Waals surface area contributed by atoms with Crippen molar-refractivity contribution >= 4 is 34.9 Å². The lowest BCUT2D eigenvalue weighted by Crippen LogP contribution is -2.25. The summed E-state index contributed by atoms with van der Waals surface area (Å²) >= 11 is 3.59. The molecule has 0 unspecified atom stereocenters. The van der Waals surface area contributed by atoms with Crippen molar-refractivity contribution in [3.63, 3.8) is 0 Å². The molecule has 0 saturated carbocycles. The molecule has 0 saturated heterocycles. The predicted octanol–water partition coefficient (Wildman–Crippen LogP) is 8.73. The van der Waals surface area contributed by atoms with Gasteiger partial charge in [-0.15, -0.1) is 23.5 Å². The van der Waals surface area contributed by atoms with E-state index in [1.807, 2.05) is 24.3 Å². The topological polar surface area (TPSA) is 46.9 Å². The molecule has 40 heavy (non-hydrogen) atoms. The Morgan fingerprint density at radius 2 is 1.35 bits per heavy atom. The Hall–Kier alpha value is -2.44. The van der Waals surface area contributed by atoms with E-state index in [-0.39, 0.29) is 10.8 Å². The minimum atomic E-state index is 0.0154. The fourth-order valence-corrected chi connectivity index (χ4v) is 6.98. The van der Waals surface area contributed by atoms with Crippen molar-refractivity contribution in [1.29, 1.82) is 0 Å². The number of rotatable bonds is 8. The number of nitrogens with zero attached hydrogens (tertiary/aromatic N) is 2. The maximum absolute atomic E-state index is 10.8. The van der Waals surface area contributed by atoms with Gasteiger partial charge in [-0.05, 0) is 78.1 Å². The molecule has 4 nitrogen and oxygen atoms in total. The van der Waals surface area contributed by atoms with E-state index in [0.717, 1.165) is 30.6 Å². The Labute approximate surface area is 250 Å². The maximum atomic E-state index is 10.8. The minimum Gasteiger partial charge on any atom is -0.508 e. The Balaban J connectivity index is 1.77. The second-order valence-electron chi connectivity index (χ2n) is 12.8. The Kier molecular flexibility index (Phi) is 9.01. The van der Waals surface area contributed by atoms with Crippen LogP contribution in [0.1, 0.15) is 76.3 Å². The quantitative estimate of drug-likeness (QED) is 0.261. The molecule has 1 aliphatic rings. The van der Waals surface area contributed by atoms with Gasteiger partial charge >= 0.3 is 0 Å². The van der Waals surface area contributed by atoms with Gasteiger partial charge in [0.05, 0.1) is 11.4 Å². The van der Waals surface area contributed by atoms with E-state index in [9.17, 15) is 10.2 Å². The van der Waals surface area contributed by atoms with Crippen LogP contribution in [0.5, 0.6) is 11.5 Å². The third kappa shape index (κ3) is 6.23. The number of aromatic hydroxyl groups is 2. The van der Waals surface area contributed by atoms with Crippen LogP contribution in [0.25, 0.3) is 0 Å². The van der Waals surface area contributed by atoms with E-state index >= 15 is 0 Å². The summed E-state index contributed by atoms with van der Waals surface area (Å²) in [6.45, 7) is 18.6. The van der Waals surface area contributed by atoms with Crippen molar-refractivity contribution in [3.05, 3.63) is 70.3 Å². The molecule has 0 bridgehead atoms. The smallest absolute Gasteiger partial charge is 0.120 e. The van der Waals surface area contributed by atoms with E-state index in [2.05, 4.69) is 89.0 Å². The lowest BCUT2D eigenvalue weighted by Gasteiger charge is -2.31. The fraction of sp³-hybridized carbons (Fsp3) is 0.471. The number of phenolic OH excluding ortho intramolecular Hbond substituents is 2. The number of fused-ring (bicyclic) bond motifs is 1. The van der Waals surface area contributed by atoms with Gasteiger partial charge in [-0.2, -0.15) is 0 Å². The van der Waals surface area contributed by atoms with Gasteiger partial charge in [0.1, 0.15) is 11.5 Å². The SMILES string of the molecule is CCN(Cc1cc(C(C)(C)C)ccc1O)c1c(SC)cc(SC)c2c1CCN2Cc1cc(C(C)(C)C)ccc1O. The molecule has 1 aliphatic heterocycles. The highest BCUT2D eigenvalue weighted by Crippen LogP contribution is 2.48. The normalized spacial score (nSPS) is 13.6. The zero-order valence-electron chi connectivity index (χ0n) is 25.7. The molecule has 2 N–H and O–H groups in total. The first kappa shape index (κ1) is 30.5. The van der Waals surface area contributed by atoms with E-state index < -0.39 is 0 Å². The zero-order valence-corrected chi connectivity index (χ0v) is 27.3. The Morgan fingerprint density at radius 1 is 0.800 bits per heavy atom. The maximum Gasteiger partial charge on any atom is 0.120 e. The molecule has 3 aromatic carbocycles. The van der Waals surface area contributed by atoms with Gasteiger partial charge < -0.3 is 20.0 Å². The van der Waals surface area contributed by atoms with Crippen LogP contribution in [0.15, 0.2) is 52.3 Å². The summed E-state index contributed by atoms with van der Waals surface area (Å²) in [6, 6.07) is 14.5. The highest BCUT2D eigenvalue weighted by molar-refractivity contribution is 7.99. The van der Waals surface area contributed by atoms with Crippen molar-refractivity contribution in [2.45, 2.75) is 88.6 Å². The van der Waals surface area contributed by atoms with Gasteiger partial charge in [0.15, 0.2) is 0 Å². The summed E-state index contributed by atoms with van der Waals surface area (Å²) in [6.07, 6.45) is 5.27. The van der Waals surface area contributed by atoms with Crippen molar-refractivity contribution < 1.29 is 10.2 Å². The molecule has 0 fully saturated rings. The number of thioether (sulfide) groups is 2. The molecule has 216 valence electrons. The first-order valence-electron chi connectivity index (χ1n) is 14.2. The third-order valence-electron chi connectivity index (χ3n) is 8.00. The Morgan fingerprint density at radius 3 is 1.88 bits per heavy atom. The molecular formula is C34H46N2O2S2. The van der Waals surface area contributed by atoms with Gasteiger partial charge in [0.25, 0.3) is 0 Å². The van der Waals surface area contributed by atoms with Crippen molar-refractivity contribution in [1.82, 2.24) is 0 Å². The van der Waals surface area contributed by atoms with E-state index in [4.69, 9.17) is 0 Å². The molecule has 0 amide bonds. The molecular weight excluding hydrogens is 533 g/mol. The molecule has 0 aromatic heterocycles. The zero-order chi connectivity index (χ0) is 29.4. The van der Waals surface area contributed by atoms with Gasteiger partial charge in [-0.1, -0.05) is 53.7 Å². The number of benzene rings is 3. The molecule has 3 aromatic rings. The second-order valence-corrected chi connectivity index (χ2v) is 14.5. The van der Waals surface area contributed by atoms with Crippen molar-refractivity contribution in [2.75, 3.05) is 35.4 Å². The van der Waals surface area contributed by atoms with Crippen LogP contribution in [0.2, 0.25) is 0 Å². The molecule has 0 radical (unpaired) electrons. The highest BCUT2D eigenvalue weighted by atomic mass is 32.2. The summed E-state index contributed by atoms with van der Waals surface area (Å²) in [7, 11) is 0. The highest BCUT2D eigenvalue weighted by Gasteiger charge is 2.30. The summed E-state index contributed by atoms with van der Waals surface area (Å²) in [5, 5.41) is 21.6. The summed E-state index contributed by atoms with van der Waals surface area (Å²) in [5.74, 6) is 0.711. The standard InChI is InChI=1S/C34H46N2O2S2/c1-10-35(20-22-17-24(33(2,3)4)11-13-27(22)37)31-26-15-16-36(32(26)30(40-9)19-29(31)39-8)21-23-18-25(34(5,6)7)12-14-28(23)38/h11-14,17-19,37-38H,10,15-16,20-21H2,1-9H3. The van der Waals surface area contributed by atoms with Gasteiger partial charge in [0, 0.05) is 52.7 Å². The van der Waals surface area contributed by atoms with Crippen LogP contribution in [0.4, 0.5) is 11.4 Å². The Bertz CT molecular complexity index is 1370.